The molecule has 1 aliphatic carbocycles. The lowest BCUT2D eigenvalue weighted by atomic mass is 9.89. The van der Waals surface area contributed by atoms with Gasteiger partial charge in [-0.15, -0.1) is 0 Å². The molecular formula is C33H37N5O9S. The van der Waals surface area contributed by atoms with Gasteiger partial charge in [-0.3, -0.25) is 19.4 Å². The Balaban J connectivity index is 0.000000220. The minimum Gasteiger partial charge on any atom is -0.496 e. The Morgan fingerprint density at radius 2 is 1.71 bits per heavy atom. The quantitative estimate of drug-likeness (QED) is 0.233. The monoisotopic (exact) mass is 679 g/mol. The van der Waals surface area contributed by atoms with Crippen LogP contribution in [0.5, 0.6) is 5.75 Å². The third-order valence-electron chi connectivity index (χ3n) is 7.79. The number of hydrogen-bond donors (Lipinski definition) is 4. The molecule has 5 rings (SSSR count). The van der Waals surface area contributed by atoms with Gasteiger partial charge in [-0.25, -0.2) is 22.9 Å². The molecular weight excluding hydrogens is 642 g/mol. The molecule has 1 aliphatic heterocycles. The molecule has 4 N–H and O–H groups in total. The van der Waals surface area contributed by atoms with Gasteiger partial charge in [0.1, 0.15) is 17.0 Å². The number of methoxy groups -OCH3 is 2. The molecule has 1 fully saturated rings. The first-order valence-electron chi connectivity index (χ1n) is 14.9. The molecule has 2 aromatic carbocycles. The molecule has 1 aromatic heterocycles. The number of carboxylic acid groups (broad SMARTS) is 1. The molecule has 15 heteroatoms. The number of para-hydroxylation sites is 1. The summed E-state index contributed by atoms with van der Waals surface area (Å²) in [4.78, 5) is 56.3. The Hall–Kier alpha value is -5.15. The molecule has 3 aromatic rings. The molecule has 1 atom stereocenters. The Labute approximate surface area is 278 Å². The van der Waals surface area contributed by atoms with E-state index in [0.717, 1.165) is 12.8 Å². The van der Waals surface area contributed by atoms with Gasteiger partial charge in [-0.1, -0.05) is 26.0 Å². The maximum atomic E-state index is 12.4. The van der Waals surface area contributed by atoms with E-state index < -0.39 is 27.4 Å². The van der Waals surface area contributed by atoms with Crippen molar-refractivity contribution in [3.05, 3.63) is 88.7 Å². The van der Waals surface area contributed by atoms with Crippen molar-refractivity contribution in [3.63, 3.8) is 0 Å². The zero-order valence-corrected chi connectivity index (χ0v) is 27.9. The second kappa shape index (κ2) is 14.7. The number of pyridine rings is 1. The zero-order chi connectivity index (χ0) is 35.2. The summed E-state index contributed by atoms with van der Waals surface area (Å²) in [6.07, 6.45) is 3.45. The Morgan fingerprint density at radius 1 is 1.04 bits per heavy atom. The van der Waals surface area contributed by atoms with Crippen LogP contribution < -0.4 is 20.1 Å². The summed E-state index contributed by atoms with van der Waals surface area (Å²) in [7, 11) is -1.16. The summed E-state index contributed by atoms with van der Waals surface area (Å²) in [5, 5.41) is 14.8. The Bertz CT molecular complexity index is 1860. The van der Waals surface area contributed by atoms with Gasteiger partial charge in [-0.2, -0.15) is 0 Å². The second-order valence-corrected chi connectivity index (χ2v) is 13.3. The summed E-state index contributed by atoms with van der Waals surface area (Å²) < 4.78 is 36.9. The van der Waals surface area contributed by atoms with Gasteiger partial charge in [0, 0.05) is 24.9 Å². The molecule has 14 nitrogen and oxygen atoms in total. The van der Waals surface area contributed by atoms with E-state index in [1.165, 1.54) is 56.8 Å². The third-order valence-corrected chi connectivity index (χ3v) is 9.13. The van der Waals surface area contributed by atoms with Crippen LogP contribution in [0.25, 0.3) is 0 Å². The van der Waals surface area contributed by atoms with E-state index in [-0.39, 0.29) is 63.7 Å². The number of carbonyl (C=O) groups is 4. The van der Waals surface area contributed by atoms with E-state index in [2.05, 4.69) is 20.6 Å². The number of amidine groups is 1. The molecule has 0 spiro atoms. The van der Waals surface area contributed by atoms with Crippen molar-refractivity contribution in [1.29, 1.82) is 0 Å². The van der Waals surface area contributed by atoms with Gasteiger partial charge in [0.25, 0.3) is 27.7 Å². The largest absolute Gasteiger partial charge is 0.496 e. The number of hydrogen-bond acceptors (Lipinski definition) is 10. The van der Waals surface area contributed by atoms with Crippen molar-refractivity contribution >= 4 is 39.5 Å². The van der Waals surface area contributed by atoms with E-state index in [1.54, 1.807) is 25.1 Å². The summed E-state index contributed by atoms with van der Waals surface area (Å²) >= 11 is 0. The highest BCUT2D eigenvalue weighted by atomic mass is 32.2. The molecule has 0 saturated heterocycles. The van der Waals surface area contributed by atoms with E-state index >= 15 is 0 Å². The van der Waals surface area contributed by atoms with Crippen LogP contribution in [0.3, 0.4) is 0 Å². The number of aromatic carboxylic acids is 1. The lowest BCUT2D eigenvalue weighted by molar-refractivity contribution is -0.124. The number of amides is 3. The maximum absolute atomic E-state index is 12.4. The van der Waals surface area contributed by atoms with Gasteiger partial charge in [0.05, 0.1) is 29.7 Å². The van der Waals surface area contributed by atoms with Gasteiger partial charge in [0.15, 0.2) is 5.84 Å². The molecule has 0 bridgehead atoms. The first kappa shape index (κ1) is 35.7. The smallest absolute Gasteiger partial charge is 0.338 e. The molecule has 3 amide bonds. The number of aliphatic imine (C=N–C) groups is 1. The van der Waals surface area contributed by atoms with Crippen LogP contribution in [0.1, 0.15) is 75.9 Å². The predicted octanol–water partition coefficient (Wildman–Crippen LogP) is 2.92. The molecule has 254 valence electrons. The second-order valence-electron chi connectivity index (χ2n) is 11.6. The summed E-state index contributed by atoms with van der Waals surface area (Å²) in [5.41, 5.74) is 0.343. The molecule has 48 heavy (non-hydrogen) atoms. The molecule has 1 unspecified atom stereocenters. The highest BCUT2D eigenvalue weighted by Crippen LogP contribution is 2.27. The zero-order valence-electron chi connectivity index (χ0n) is 27.1. The highest BCUT2D eigenvalue weighted by molar-refractivity contribution is 7.90. The number of nitrogens with zero attached hydrogens (tertiary/aromatic N) is 2. The summed E-state index contributed by atoms with van der Waals surface area (Å²) in [6.45, 7) is 5.76. The first-order chi connectivity index (χ1) is 22.7. The molecule has 2 aliphatic rings. The predicted molar refractivity (Wildman–Crippen MR) is 174 cm³/mol. The first-order valence-corrected chi connectivity index (χ1v) is 16.4. The number of aromatic nitrogens is 1. The number of nitrogens with one attached hydrogen (secondary N) is 3. The number of rotatable bonds is 11. The van der Waals surface area contributed by atoms with Gasteiger partial charge in [0.2, 0.25) is 0 Å². The van der Waals surface area contributed by atoms with Crippen molar-refractivity contribution in [1.82, 2.24) is 20.3 Å². The Morgan fingerprint density at radius 3 is 2.27 bits per heavy atom. The fraction of sp³-hybridized carbons (Fsp3) is 0.333. The molecule has 2 heterocycles. The topological polar surface area (TPSA) is 202 Å². The highest BCUT2D eigenvalue weighted by Gasteiger charge is 2.43. The van der Waals surface area contributed by atoms with Crippen molar-refractivity contribution in [2.75, 3.05) is 14.2 Å². The minimum atomic E-state index is -4.07. The van der Waals surface area contributed by atoms with Crippen molar-refractivity contribution in [2.45, 2.75) is 56.7 Å². The van der Waals surface area contributed by atoms with Gasteiger partial charge in [-0.05, 0) is 73.7 Å². The van der Waals surface area contributed by atoms with Gasteiger partial charge >= 0.3 is 5.97 Å². The Kier molecular flexibility index (Phi) is 11.0. The van der Waals surface area contributed by atoms with Gasteiger partial charge < -0.3 is 25.2 Å². The molecule has 1 saturated carbocycles. The van der Waals surface area contributed by atoms with E-state index in [1.807, 2.05) is 18.6 Å². The van der Waals surface area contributed by atoms with E-state index in [4.69, 9.17) is 9.47 Å². The van der Waals surface area contributed by atoms with Crippen LogP contribution in [0.2, 0.25) is 0 Å². The van der Waals surface area contributed by atoms with Crippen LogP contribution in [0, 0.1) is 5.92 Å². The average molecular weight is 680 g/mol. The number of ether oxygens (including phenoxy) is 2. The normalized spacial score (nSPS) is 17.0. The van der Waals surface area contributed by atoms with Crippen LogP contribution >= 0.6 is 0 Å². The van der Waals surface area contributed by atoms with E-state index in [0.29, 0.717) is 11.1 Å². The van der Waals surface area contributed by atoms with Crippen molar-refractivity contribution in [3.8, 4) is 5.75 Å². The number of benzene rings is 2. The fourth-order valence-corrected chi connectivity index (χ4v) is 5.47. The number of carboxylic acids is 1. The van der Waals surface area contributed by atoms with Crippen LogP contribution in [-0.4, -0.2) is 73.8 Å². The lowest BCUT2D eigenvalue weighted by Crippen LogP contribution is -2.41. The number of sulfonamides is 1. The minimum absolute atomic E-state index is 0.0124. The summed E-state index contributed by atoms with van der Waals surface area (Å²) in [6, 6.07) is 13.4. The fourth-order valence-electron chi connectivity index (χ4n) is 4.50. The number of carbonyl (C=O) groups excluding carboxylic acids is 3. The maximum Gasteiger partial charge on any atom is 0.338 e. The SMILES string of the molecule is COCc1cnc(C2=NC(C)(C(C)C)C(=O)N2)c(C(=O)O)c1.COc1ccccc1C(=O)NS(=O)(=O)c1ccc(C(=O)NC2CC2)cc1. The van der Waals surface area contributed by atoms with Crippen molar-refractivity contribution < 1.29 is 42.2 Å². The lowest BCUT2D eigenvalue weighted by Gasteiger charge is -2.21. The summed E-state index contributed by atoms with van der Waals surface area (Å²) in [5.74, 6) is -1.97. The standard InChI is InChI=1S/C18H18N2O5S.C15H19N3O4/c1-25-16-5-3-2-4-15(16)18(22)20-26(23,24)14-10-6-12(7-11-14)17(21)19-13-8-9-13;1-8(2)15(3)14(21)17-12(18-15)11-10(13(19)20)5-9(6-16-11)7-22-4/h2-7,10-11,13H,8-9H2,1H3,(H,19,21)(H,20,22);5-6,8H,7H2,1-4H3,(H,19,20)(H,17,18,21). The van der Waals surface area contributed by atoms with Crippen LogP contribution in [-0.2, 0) is 26.2 Å². The van der Waals surface area contributed by atoms with Crippen LogP contribution in [0.4, 0.5) is 0 Å². The van der Waals surface area contributed by atoms with E-state index in [9.17, 15) is 32.7 Å². The third kappa shape index (κ3) is 8.22. The van der Waals surface area contributed by atoms with Crippen LogP contribution in [0.15, 0.2) is 70.7 Å². The molecule has 0 radical (unpaired) electrons. The van der Waals surface area contributed by atoms with Crippen molar-refractivity contribution in [2.24, 2.45) is 10.9 Å². The average Bonchev–Trinajstić information content (AvgIpc) is 3.82.